The van der Waals surface area contributed by atoms with Crippen LogP contribution in [0.5, 0.6) is 0 Å². The van der Waals surface area contributed by atoms with Crippen LogP contribution in [0, 0.1) is 5.92 Å². The molecule has 3 heteroatoms. The summed E-state index contributed by atoms with van der Waals surface area (Å²) in [5.41, 5.74) is 0. The summed E-state index contributed by atoms with van der Waals surface area (Å²) in [6, 6.07) is -0.211. The Morgan fingerprint density at radius 1 is 1.77 bits per heavy atom. The molecule has 72 valence electrons. The molecule has 3 nitrogen and oxygen atoms in total. The molecule has 0 spiro atoms. The summed E-state index contributed by atoms with van der Waals surface area (Å²) in [4.78, 5) is 24.2. The largest absolute Gasteiger partial charge is 0.335 e. The zero-order valence-electron chi connectivity index (χ0n) is 8.12. The number of ketones is 1. The van der Waals surface area contributed by atoms with Crippen LogP contribution in [0.4, 0.5) is 0 Å². The number of amides is 1. The minimum absolute atomic E-state index is 0.0311. The fourth-order valence-corrected chi connectivity index (χ4v) is 1.81. The van der Waals surface area contributed by atoms with Crippen molar-refractivity contribution in [2.75, 3.05) is 7.05 Å². The molecule has 0 aromatic heterocycles. The number of likely N-dealkylation sites (N-methyl/N-ethyl adjacent to an activating group) is 1. The van der Waals surface area contributed by atoms with Gasteiger partial charge in [-0.3, -0.25) is 9.59 Å². The predicted molar refractivity (Wildman–Crippen MR) is 50.2 cm³/mol. The highest BCUT2D eigenvalue weighted by Gasteiger charge is 2.38. The zero-order valence-corrected chi connectivity index (χ0v) is 8.12. The number of hydrogen-bond donors (Lipinski definition) is 0. The van der Waals surface area contributed by atoms with Gasteiger partial charge in [-0.15, -0.1) is 6.58 Å². The smallest absolute Gasteiger partial charge is 0.226 e. The highest BCUT2D eigenvalue weighted by molar-refractivity contribution is 5.91. The van der Waals surface area contributed by atoms with Gasteiger partial charge in [0.2, 0.25) is 5.91 Å². The Kier molecular flexibility index (Phi) is 2.86. The summed E-state index contributed by atoms with van der Waals surface area (Å²) in [6.07, 6.45) is 3.06. The molecule has 0 aromatic rings. The van der Waals surface area contributed by atoms with E-state index in [1.807, 2.05) is 0 Å². The molecule has 0 radical (unpaired) electrons. The topological polar surface area (TPSA) is 37.4 Å². The van der Waals surface area contributed by atoms with Crippen LogP contribution in [0.2, 0.25) is 0 Å². The van der Waals surface area contributed by atoms with E-state index < -0.39 is 0 Å². The van der Waals surface area contributed by atoms with Crippen LogP contribution in [0.3, 0.4) is 0 Å². The molecule has 1 rings (SSSR count). The van der Waals surface area contributed by atoms with Crippen molar-refractivity contribution in [3.05, 3.63) is 12.7 Å². The minimum atomic E-state index is -0.211. The van der Waals surface area contributed by atoms with E-state index in [0.29, 0.717) is 12.8 Å². The molecular formula is C10H15NO2. The van der Waals surface area contributed by atoms with Gasteiger partial charge in [0.05, 0.1) is 6.04 Å². The number of hydrogen-bond acceptors (Lipinski definition) is 2. The molecule has 0 N–H and O–H groups in total. The van der Waals surface area contributed by atoms with Gasteiger partial charge in [-0.1, -0.05) is 6.08 Å². The molecule has 0 aliphatic carbocycles. The Labute approximate surface area is 78.4 Å². The summed E-state index contributed by atoms with van der Waals surface area (Å²) in [5, 5.41) is 0. The molecule has 1 heterocycles. The number of rotatable bonds is 3. The lowest BCUT2D eigenvalue weighted by molar-refractivity contribution is -0.134. The first kappa shape index (κ1) is 9.96. The lowest BCUT2D eigenvalue weighted by Crippen LogP contribution is -2.34. The van der Waals surface area contributed by atoms with E-state index in [4.69, 9.17) is 0 Å². The fraction of sp³-hybridized carbons (Fsp3) is 0.600. The fourth-order valence-electron chi connectivity index (χ4n) is 1.81. The molecular weight excluding hydrogens is 166 g/mol. The van der Waals surface area contributed by atoms with Crippen LogP contribution in [-0.4, -0.2) is 29.7 Å². The molecule has 13 heavy (non-hydrogen) atoms. The molecule has 1 saturated heterocycles. The van der Waals surface area contributed by atoms with Crippen molar-refractivity contribution in [2.24, 2.45) is 5.92 Å². The maximum atomic E-state index is 11.5. The monoisotopic (exact) mass is 181 g/mol. The van der Waals surface area contributed by atoms with Gasteiger partial charge in [0, 0.05) is 13.0 Å². The Morgan fingerprint density at radius 3 is 2.77 bits per heavy atom. The summed E-state index contributed by atoms with van der Waals surface area (Å²) in [5.74, 6) is 0.110. The normalized spacial score (nSPS) is 27.8. The van der Waals surface area contributed by atoms with Gasteiger partial charge < -0.3 is 4.90 Å². The summed E-state index contributed by atoms with van der Waals surface area (Å²) < 4.78 is 0. The van der Waals surface area contributed by atoms with E-state index in [2.05, 4.69) is 6.58 Å². The Morgan fingerprint density at radius 2 is 2.38 bits per heavy atom. The van der Waals surface area contributed by atoms with Gasteiger partial charge >= 0.3 is 0 Å². The molecule has 1 aliphatic heterocycles. The number of Topliss-reactive ketones (excluding diaryl/α,β-unsaturated/α-hetero) is 1. The first-order valence-corrected chi connectivity index (χ1v) is 4.46. The summed E-state index contributed by atoms with van der Waals surface area (Å²) >= 11 is 0. The Balaban J connectivity index is 2.72. The SMILES string of the molecule is C=CCC1C[C@@H](C(C)=O)N(C)C1=O. The summed E-state index contributed by atoms with van der Waals surface area (Å²) in [7, 11) is 1.69. The van der Waals surface area contributed by atoms with Gasteiger partial charge in [-0.25, -0.2) is 0 Å². The van der Waals surface area contributed by atoms with Gasteiger partial charge in [0.15, 0.2) is 5.78 Å². The van der Waals surface area contributed by atoms with Gasteiger partial charge in [0.1, 0.15) is 0 Å². The number of allylic oxidation sites excluding steroid dienone is 1. The third-order valence-corrected chi connectivity index (χ3v) is 2.59. The predicted octanol–water partition coefficient (Wildman–Crippen LogP) is 0.998. The molecule has 2 atom stereocenters. The second-order valence-electron chi connectivity index (χ2n) is 3.53. The van der Waals surface area contributed by atoms with Crippen molar-refractivity contribution in [1.29, 1.82) is 0 Å². The zero-order chi connectivity index (χ0) is 10.0. The third-order valence-electron chi connectivity index (χ3n) is 2.59. The van der Waals surface area contributed by atoms with Crippen LogP contribution >= 0.6 is 0 Å². The number of carbonyl (C=O) groups is 2. The van der Waals surface area contributed by atoms with Gasteiger partial charge in [-0.2, -0.15) is 0 Å². The van der Waals surface area contributed by atoms with Crippen molar-refractivity contribution in [3.63, 3.8) is 0 Å². The molecule has 1 amide bonds. The number of carbonyl (C=O) groups excluding carboxylic acids is 2. The van der Waals surface area contributed by atoms with Gasteiger partial charge in [-0.05, 0) is 19.8 Å². The third kappa shape index (κ3) is 1.79. The quantitative estimate of drug-likeness (QED) is 0.609. The van der Waals surface area contributed by atoms with Crippen molar-refractivity contribution in [3.8, 4) is 0 Å². The van der Waals surface area contributed by atoms with E-state index >= 15 is 0 Å². The average Bonchev–Trinajstić information content (AvgIpc) is 2.33. The van der Waals surface area contributed by atoms with E-state index in [1.165, 1.54) is 6.92 Å². The van der Waals surface area contributed by atoms with E-state index in [9.17, 15) is 9.59 Å². The van der Waals surface area contributed by atoms with Crippen LogP contribution in [0.15, 0.2) is 12.7 Å². The second kappa shape index (κ2) is 3.73. The lowest BCUT2D eigenvalue weighted by atomic mass is 10.00. The standard InChI is InChI=1S/C10H15NO2/c1-4-5-8-6-9(7(2)12)11(3)10(8)13/h4,8-9H,1,5-6H2,2-3H3/t8?,9-/m0/s1. The second-order valence-corrected chi connectivity index (χ2v) is 3.53. The van der Waals surface area contributed by atoms with Crippen LogP contribution < -0.4 is 0 Å². The molecule has 1 fully saturated rings. The molecule has 0 bridgehead atoms. The Hall–Kier alpha value is -1.12. The van der Waals surface area contributed by atoms with Crippen molar-refractivity contribution in [1.82, 2.24) is 4.90 Å². The lowest BCUT2D eigenvalue weighted by Gasteiger charge is -2.15. The minimum Gasteiger partial charge on any atom is -0.335 e. The Bertz CT molecular complexity index is 247. The van der Waals surface area contributed by atoms with Crippen LogP contribution in [0.25, 0.3) is 0 Å². The number of likely N-dealkylation sites (tertiary alicyclic amines) is 1. The number of nitrogens with zero attached hydrogens (tertiary/aromatic N) is 1. The van der Waals surface area contributed by atoms with E-state index in [1.54, 1.807) is 18.0 Å². The highest BCUT2D eigenvalue weighted by Crippen LogP contribution is 2.26. The summed E-state index contributed by atoms with van der Waals surface area (Å²) in [6.45, 7) is 5.13. The van der Waals surface area contributed by atoms with Crippen molar-refractivity contribution < 1.29 is 9.59 Å². The van der Waals surface area contributed by atoms with E-state index in [0.717, 1.165) is 0 Å². The first-order chi connectivity index (χ1) is 6.07. The maximum Gasteiger partial charge on any atom is 0.226 e. The molecule has 0 saturated carbocycles. The molecule has 1 unspecified atom stereocenters. The first-order valence-electron chi connectivity index (χ1n) is 4.46. The average molecular weight is 181 g/mol. The van der Waals surface area contributed by atoms with E-state index in [-0.39, 0.29) is 23.7 Å². The maximum absolute atomic E-state index is 11.5. The highest BCUT2D eigenvalue weighted by atomic mass is 16.2. The molecule has 1 aliphatic rings. The van der Waals surface area contributed by atoms with Gasteiger partial charge in [0.25, 0.3) is 0 Å². The van der Waals surface area contributed by atoms with Crippen LogP contribution in [0.1, 0.15) is 19.8 Å². The van der Waals surface area contributed by atoms with Crippen LogP contribution in [-0.2, 0) is 9.59 Å². The van der Waals surface area contributed by atoms with Crippen molar-refractivity contribution >= 4 is 11.7 Å². The molecule has 0 aromatic carbocycles. The van der Waals surface area contributed by atoms with Crippen molar-refractivity contribution in [2.45, 2.75) is 25.8 Å².